The maximum Gasteiger partial charge on any atom is 0.0498 e. The molecule has 1 unspecified atom stereocenters. The molecule has 92 valence electrons. The average Bonchev–Trinajstić information content (AvgIpc) is 2.56. The molecular weight excluding hydrogens is 232 g/mol. The lowest BCUT2D eigenvalue weighted by Gasteiger charge is -2.02. The van der Waals surface area contributed by atoms with Crippen LogP contribution >= 0.6 is 11.6 Å². The summed E-state index contributed by atoms with van der Waals surface area (Å²) in [7, 11) is 0. The summed E-state index contributed by atoms with van der Waals surface area (Å²) in [5, 5.41) is 2.07. The molecule has 0 saturated carbocycles. The highest BCUT2D eigenvalue weighted by atomic mass is 35.5. The molecule has 0 aliphatic carbocycles. The predicted octanol–water partition coefficient (Wildman–Crippen LogP) is 3.59. The van der Waals surface area contributed by atoms with Crippen molar-refractivity contribution in [2.24, 2.45) is 5.73 Å². The van der Waals surface area contributed by atoms with E-state index in [-0.39, 0.29) is 6.04 Å². The van der Waals surface area contributed by atoms with E-state index in [4.69, 9.17) is 17.3 Å². The Morgan fingerprint density at radius 3 is 2.82 bits per heavy atom. The first-order chi connectivity index (χ1) is 8.11. The number of halogens is 1. The molecule has 0 radical (unpaired) electrons. The molecule has 2 N–H and O–H groups in total. The van der Waals surface area contributed by atoms with E-state index < -0.39 is 0 Å². The first-order valence-corrected chi connectivity index (χ1v) is 6.52. The summed E-state index contributed by atoms with van der Waals surface area (Å²) >= 11 is 6.07. The Labute approximate surface area is 107 Å². The van der Waals surface area contributed by atoms with Crippen molar-refractivity contribution in [2.45, 2.75) is 39.3 Å². The molecule has 3 heteroatoms. The number of nitrogens with zero attached hydrogens (tertiary/aromatic N) is 1. The van der Waals surface area contributed by atoms with Gasteiger partial charge in [0.05, 0.1) is 0 Å². The summed E-state index contributed by atoms with van der Waals surface area (Å²) in [6.45, 7) is 5.25. The molecule has 0 bridgehead atoms. The van der Waals surface area contributed by atoms with Crippen molar-refractivity contribution in [3.8, 4) is 0 Å². The zero-order valence-electron chi connectivity index (χ0n) is 10.4. The fourth-order valence-electron chi connectivity index (χ4n) is 2.28. The van der Waals surface area contributed by atoms with Gasteiger partial charge in [-0.2, -0.15) is 0 Å². The van der Waals surface area contributed by atoms with Crippen LogP contribution in [0.5, 0.6) is 0 Å². The second-order valence-electron chi connectivity index (χ2n) is 4.69. The van der Waals surface area contributed by atoms with Gasteiger partial charge < -0.3 is 10.3 Å². The van der Waals surface area contributed by atoms with E-state index in [1.54, 1.807) is 0 Å². The molecule has 0 aliphatic rings. The summed E-state index contributed by atoms with van der Waals surface area (Å²) < 4.78 is 2.28. The fraction of sp³-hybridized carbons (Fsp3) is 0.429. The van der Waals surface area contributed by atoms with Crippen LogP contribution in [-0.2, 0) is 13.0 Å². The second-order valence-corrected chi connectivity index (χ2v) is 5.13. The van der Waals surface area contributed by atoms with Gasteiger partial charge in [-0.25, -0.2) is 0 Å². The molecule has 1 atom stereocenters. The minimum absolute atomic E-state index is 0.186. The van der Waals surface area contributed by atoms with Crippen LogP contribution in [0.4, 0.5) is 0 Å². The minimum atomic E-state index is 0.186. The maximum atomic E-state index is 6.07. The molecule has 0 saturated heterocycles. The van der Waals surface area contributed by atoms with E-state index in [2.05, 4.69) is 23.8 Å². The number of aryl methyl sites for hydroxylation is 1. The predicted molar refractivity (Wildman–Crippen MR) is 74.6 cm³/mol. The van der Waals surface area contributed by atoms with E-state index in [9.17, 15) is 0 Å². The van der Waals surface area contributed by atoms with Crippen LogP contribution < -0.4 is 5.73 Å². The van der Waals surface area contributed by atoms with Crippen molar-refractivity contribution in [1.82, 2.24) is 4.57 Å². The van der Waals surface area contributed by atoms with Crippen molar-refractivity contribution in [1.29, 1.82) is 0 Å². The zero-order chi connectivity index (χ0) is 12.4. The number of fused-ring (bicyclic) bond motifs is 1. The van der Waals surface area contributed by atoms with E-state index in [0.29, 0.717) is 0 Å². The van der Waals surface area contributed by atoms with E-state index in [0.717, 1.165) is 24.4 Å². The van der Waals surface area contributed by atoms with Gasteiger partial charge in [-0.15, -0.1) is 0 Å². The van der Waals surface area contributed by atoms with Gasteiger partial charge in [-0.3, -0.25) is 0 Å². The van der Waals surface area contributed by atoms with Gasteiger partial charge in [0.15, 0.2) is 0 Å². The van der Waals surface area contributed by atoms with Crippen molar-refractivity contribution >= 4 is 22.5 Å². The molecule has 17 heavy (non-hydrogen) atoms. The van der Waals surface area contributed by atoms with Crippen LogP contribution in [0.2, 0.25) is 5.02 Å². The normalized spacial score (nSPS) is 13.2. The van der Waals surface area contributed by atoms with Crippen LogP contribution in [0.1, 0.15) is 25.8 Å². The van der Waals surface area contributed by atoms with E-state index in [1.165, 1.54) is 16.5 Å². The van der Waals surface area contributed by atoms with Crippen molar-refractivity contribution < 1.29 is 0 Å². The van der Waals surface area contributed by atoms with Crippen LogP contribution in [0.15, 0.2) is 24.4 Å². The minimum Gasteiger partial charge on any atom is -0.347 e. The lowest BCUT2D eigenvalue weighted by Crippen LogP contribution is -2.17. The summed E-state index contributed by atoms with van der Waals surface area (Å²) in [4.78, 5) is 0. The molecular formula is C14H19ClN2. The molecule has 2 nitrogen and oxygen atoms in total. The number of rotatable bonds is 4. The Balaban J connectivity index is 2.53. The molecule has 1 heterocycles. The highest BCUT2D eigenvalue weighted by Gasteiger charge is 2.09. The Morgan fingerprint density at radius 2 is 2.18 bits per heavy atom. The molecule has 0 amide bonds. The summed E-state index contributed by atoms with van der Waals surface area (Å²) in [5.74, 6) is 0. The van der Waals surface area contributed by atoms with Gasteiger partial charge in [0.25, 0.3) is 0 Å². The Bertz CT molecular complexity index is 514. The second kappa shape index (κ2) is 5.11. The molecule has 0 fully saturated rings. The lowest BCUT2D eigenvalue weighted by molar-refractivity contribution is 0.692. The molecule has 2 aromatic rings. The third-order valence-corrected chi connectivity index (χ3v) is 3.17. The standard InChI is InChI=1S/C14H19ClN2/c1-3-6-17-9-11(7-10(2)16)13-5-4-12(15)8-14(13)17/h4-5,8-10H,3,6-7,16H2,1-2H3. The van der Waals surface area contributed by atoms with Gasteiger partial charge in [0, 0.05) is 34.7 Å². The third kappa shape index (κ3) is 2.64. The number of benzene rings is 1. The first-order valence-electron chi connectivity index (χ1n) is 6.14. The monoisotopic (exact) mass is 250 g/mol. The van der Waals surface area contributed by atoms with Gasteiger partial charge in [0.1, 0.15) is 0 Å². The number of aromatic nitrogens is 1. The molecule has 2 rings (SSSR count). The summed E-state index contributed by atoms with van der Waals surface area (Å²) in [6, 6.07) is 6.27. The van der Waals surface area contributed by atoms with Crippen molar-refractivity contribution in [2.75, 3.05) is 0 Å². The SMILES string of the molecule is CCCn1cc(CC(C)N)c2ccc(Cl)cc21. The highest BCUT2D eigenvalue weighted by Crippen LogP contribution is 2.25. The van der Waals surface area contributed by atoms with E-state index in [1.807, 2.05) is 19.1 Å². The van der Waals surface area contributed by atoms with Crippen LogP contribution in [0, 0.1) is 0 Å². The van der Waals surface area contributed by atoms with Gasteiger partial charge >= 0.3 is 0 Å². The van der Waals surface area contributed by atoms with Gasteiger partial charge in [-0.05, 0) is 37.5 Å². The lowest BCUT2D eigenvalue weighted by atomic mass is 10.1. The number of nitrogens with two attached hydrogens (primary N) is 1. The van der Waals surface area contributed by atoms with Gasteiger partial charge in [-0.1, -0.05) is 24.6 Å². The van der Waals surface area contributed by atoms with E-state index >= 15 is 0 Å². The molecule has 0 aliphatic heterocycles. The largest absolute Gasteiger partial charge is 0.347 e. The zero-order valence-corrected chi connectivity index (χ0v) is 11.2. The Hall–Kier alpha value is -0.990. The van der Waals surface area contributed by atoms with Crippen LogP contribution in [0.3, 0.4) is 0 Å². The van der Waals surface area contributed by atoms with Crippen molar-refractivity contribution in [3.63, 3.8) is 0 Å². The van der Waals surface area contributed by atoms with Crippen LogP contribution in [0.25, 0.3) is 10.9 Å². The topological polar surface area (TPSA) is 30.9 Å². The van der Waals surface area contributed by atoms with Crippen LogP contribution in [-0.4, -0.2) is 10.6 Å². The third-order valence-electron chi connectivity index (χ3n) is 2.93. The number of hydrogen-bond acceptors (Lipinski definition) is 1. The van der Waals surface area contributed by atoms with Crippen molar-refractivity contribution in [3.05, 3.63) is 35.0 Å². The molecule has 1 aromatic carbocycles. The summed E-state index contributed by atoms with van der Waals surface area (Å²) in [5.41, 5.74) is 8.43. The molecule has 0 spiro atoms. The Kier molecular flexibility index (Phi) is 3.75. The smallest absolute Gasteiger partial charge is 0.0498 e. The fourth-order valence-corrected chi connectivity index (χ4v) is 2.44. The average molecular weight is 251 g/mol. The highest BCUT2D eigenvalue weighted by molar-refractivity contribution is 6.31. The quantitative estimate of drug-likeness (QED) is 0.883. The summed E-state index contributed by atoms with van der Waals surface area (Å²) in [6.07, 6.45) is 4.25. The maximum absolute atomic E-state index is 6.07. The first kappa shape index (κ1) is 12.5. The number of hydrogen-bond donors (Lipinski definition) is 1. The Morgan fingerprint density at radius 1 is 1.41 bits per heavy atom. The molecule has 1 aromatic heterocycles. The van der Waals surface area contributed by atoms with Gasteiger partial charge in [0.2, 0.25) is 0 Å².